The number of fused-ring (bicyclic) bond motifs is 1. The molecule has 2 aromatic heterocycles. The van der Waals surface area contributed by atoms with Crippen LogP contribution in [0.4, 0.5) is 15.9 Å². The number of anilines is 2. The molecule has 0 saturated carbocycles. The zero-order valence-corrected chi connectivity index (χ0v) is 14.8. The van der Waals surface area contributed by atoms with Gasteiger partial charge < -0.3 is 10.2 Å². The molecular formula is C18H22FN7. The number of halogens is 1. The maximum absolute atomic E-state index is 13.0. The Morgan fingerprint density at radius 2 is 1.77 bits per heavy atom. The fourth-order valence-electron chi connectivity index (χ4n) is 3.21. The van der Waals surface area contributed by atoms with E-state index in [0.717, 1.165) is 62.2 Å². The summed E-state index contributed by atoms with van der Waals surface area (Å²) < 4.78 is 14.8. The molecular weight excluding hydrogens is 333 g/mol. The topological polar surface area (TPSA) is 61.6 Å². The second kappa shape index (κ2) is 7.25. The Kier molecular flexibility index (Phi) is 4.66. The van der Waals surface area contributed by atoms with E-state index in [1.165, 1.54) is 12.1 Å². The molecule has 0 spiro atoms. The lowest BCUT2D eigenvalue weighted by Gasteiger charge is -2.36. The van der Waals surface area contributed by atoms with E-state index in [4.69, 9.17) is 0 Å². The van der Waals surface area contributed by atoms with E-state index in [-0.39, 0.29) is 5.82 Å². The molecule has 1 fully saturated rings. The van der Waals surface area contributed by atoms with Gasteiger partial charge in [-0.25, -0.2) is 4.39 Å². The number of nitrogens with one attached hydrogen (secondary N) is 1. The summed E-state index contributed by atoms with van der Waals surface area (Å²) in [5.74, 6) is 1.41. The Hall–Kier alpha value is -2.74. The van der Waals surface area contributed by atoms with Gasteiger partial charge in [0.15, 0.2) is 11.5 Å². The van der Waals surface area contributed by atoms with Gasteiger partial charge in [-0.1, -0.05) is 0 Å². The number of aromatic nitrogens is 4. The van der Waals surface area contributed by atoms with Crippen LogP contribution in [-0.2, 0) is 0 Å². The molecule has 26 heavy (non-hydrogen) atoms. The van der Waals surface area contributed by atoms with Gasteiger partial charge in [0.1, 0.15) is 11.6 Å². The van der Waals surface area contributed by atoms with E-state index in [1.54, 1.807) is 4.52 Å². The van der Waals surface area contributed by atoms with Gasteiger partial charge in [-0.05, 0) is 43.3 Å². The van der Waals surface area contributed by atoms with Gasteiger partial charge >= 0.3 is 0 Å². The van der Waals surface area contributed by atoms with Crippen molar-refractivity contribution in [1.82, 2.24) is 24.7 Å². The van der Waals surface area contributed by atoms with Crippen LogP contribution in [0.15, 0.2) is 36.4 Å². The van der Waals surface area contributed by atoms with Crippen LogP contribution in [-0.4, -0.2) is 64.0 Å². The molecule has 1 N–H and O–H groups in total. The van der Waals surface area contributed by atoms with Crippen LogP contribution >= 0.6 is 0 Å². The molecule has 0 unspecified atom stereocenters. The van der Waals surface area contributed by atoms with Crippen molar-refractivity contribution in [3.05, 3.63) is 48.0 Å². The van der Waals surface area contributed by atoms with Crippen LogP contribution in [0.5, 0.6) is 0 Å². The maximum atomic E-state index is 13.0. The predicted octanol–water partition coefficient (Wildman–Crippen LogP) is 1.81. The van der Waals surface area contributed by atoms with Gasteiger partial charge in [0, 0.05) is 45.0 Å². The van der Waals surface area contributed by atoms with Gasteiger partial charge in [-0.3, -0.25) is 4.90 Å². The van der Waals surface area contributed by atoms with Gasteiger partial charge in [0.25, 0.3) is 0 Å². The first-order valence-electron chi connectivity index (χ1n) is 8.85. The van der Waals surface area contributed by atoms with Crippen molar-refractivity contribution in [1.29, 1.82) is 0 Å². The summed E-state index contributed by atoms with van der Waals surface area (Å²) in [6, 6.07) is 10.6. The molecule has 0 amide bonds. The maximum Gasteiger partial charge on any atom is 0.178 e. The SMILES string of the molecule is Cc1nnc2ccc(NCCN3CCN(c4ccc(F)cc4)CC3)nn12. The molecule has 0 aliphatic carbocycles. The summed E-state index contributed by atoms with van der Waals surface area (Å²) >= 11 is 0. The molecule has 4 rings (SSSR count). The highest BCUT2D eigenvalue weighted by atomic mass is 19.1. The Morgan fingerprint density at radius 3 is 2.54 bits per heavy atom. The van der Waals surface area contributed by atoms with E-state index in [1.807, 2.05) is 31.2 Å². The molecule has 1 saturated heterocycles. The van der Waals surface area contributed by atoms with Gasteiger partial charge in [-0.2, -0.15) is 4.52 Å². The Labute approximate surface area is 151 Å². The Bertz CT molecular complexity index is 869. The van der Waals surface area contributed by atoms with Crippen LogP contribution in [0.2, 0.25) is 0 Å². The quantitative estimate of drug-likeness (QED) is 0.753. The summed E-state index contributed by atoms with van der Waals surface area (Å²) in [4.78, 5) is 4.73. The summed E-state index contributed by atoms with van der Waals surface area (Å²) in [6.07, 6.45) is 0. The molecule has 3 heterocycles. The molecule has 1 aliphatic heterocycles. The number of hydrogen-bond donors (Lipinski definition) is 1. The third-order valence-electron chi connectivity index (χ3n) is 4.72. The molecule has 0 radical (unpaired) electrons. The predicted molar refractivity (Wildman–Crippen MR) is 99.1 cm³/mol. The molecule has 136 valence electrons. The minimum absolute atomic E-state index is 0.188. The highest BCUT2D eigenvalue weighted by Crippen LogP contribution is 2.16. The van der Waals surface area contributed by atoms with Crippen LogP contribution in [0.1, 0.15) is 5.82 Å². The molecule has 8 heteroatoms. The number of nitrogens with zero attached hydrogens (tertiary/aromatic N) is 6. The standard InChI is InChI=1S/C18H22FN7/c1-14-21-22-18-7-6-17(23-26(14)18)20-8-9-24-10-12-25(13-11-24)16-4-2-15(19)3-5-16/h2-7H,8-13H2,1H3,(H,20,23). The second-order valence-electron chi connectivity index (χ2n) is 6.47. The second-order valence-corrected chi connectivity index (χ2v) is 6.47. The number of benzene rings is 1. The normalized spacial score (nSPS) is 15.5. The van der Waals surface area contributed by atoms with Crippen molar-refractivity contribution in [3.63, 3.8) is 0 Å². The van der Waals surface area contributed by atoms with Crippen molar-refractivity contribution < 1.29 is 4.39 Å². The summed E-state index contributed by atoms with van der Waals surface area (Å²) in [5.41, 5.74) is 1.84. The lowest BCUT2D eigenvalue weighted by molar-refractivity contribution is 0.267. The Balaban J connectivity index is 1.25. The monoisotopic (exact) mass is 355 g/mol. The minimum Gasteiger partial charge on any atom is -0.369 e. The highest BCUT2D eigenvalue weighted by molar-refractivity contribution is 5.47. The number of rotatable bonds is 5. The summed E-state index contributed by atoms with van der Waals surface area (Å²) in [5, 5.41) is 15.9. The van der Waals surface area contributed by atoms with Crippen molar-refractivity contribution in [2.45, 2.75) is 6.92 Å². The first-order chi connectivity index (χ1) is 12.7. The van der Waals surface area contributed by atoms with Crippen molar-refractivity contribution in [3.8, 4) is 0 Å². The molecule has 1 aliphatic rings. The van der Waals surface area contributed by atoms with Gasteiger partial charge in [-0.15, -0.1) is 15.3 Å². The van der Waals surface area contributed by atoms with Crippen molar-refractivity contribution in [2.75, 3.05) is 49.5 Å². The van der Waals surface area contributed by atoms with Crippen molar-refractivity contribution in [2.24, 2.45) is 0 Å². The summed E-state index contributed by atoms with van der Waals surface area (Å²) in [6.45, 7) is 7.57. The first-order valence-corrected chi connectivity index (χ1v) is 8.85. The molecule has 3 aromatic rings. The largest absolute Gasteiger partial charge is 0.369 e. The zero-order chi connectivity index (χ0) is 17.9. The van der Waals surface area contributed by atoms with Crippen LogP contribution in [0.3, 0.4) is 0 Å². The average Bonchev–Trinajstić information content (AvgIpc) is 3.04. The minimum atomic E-state index is -0.188. The van der Waals surface area contributed by atoms with E-state index < -0.39 is 0 Å². The Morgan fingerprint density at radius 1 is 1.00 bits per heavy atom. The van der Waals surface area contributed by atoms with E-state index in [9.17, 15) is 4.39 Å². The number of piperazine rings is 1. The summed E-state index contributed by atoms with van der Waals surface area (Å²) in [7, 11) is 0. The number of aryl methyl sites for hydroxylation is 1. The van der Waals surface area contributed by atoms with Gasteiger partial charge in [0.2, 0.25) is 0 Å². The molecule has 1 aromatic carbocycles. The van der Waals surface area contributed by atoms with Crippen LogP contribution in [0.25, 0.3) is 5.65 Å². The van der Waals surface area contributed by atoms with E-state index >= 15 is 0 Å². The third kappa shape index (κ3) is 3.60. The fourth-order valence-corrected chi connectivity index (χ4v) is 3.21. The highest BCUT2D eigenvalue weighted by Gasteiger charge is 2.16. The smallest absolute Gasteiger partial charge is 0.178 e. The third-order valence-corrected chi connectivity index (χ3v) is 4.72. The van der Waals surface area contributed by atoms with Crippen molar-refractivity contribution >= 4 is 17.2 Å². The van der Waals surface area contributed by atoms with E-state index in [0.29, 0.717) is 0 Å². The number of hydrogen-bond acceptors (Lipinski definition) is 6. The lowest BCUT2D eigenvalue weighted by Crippen LogP contribution is -2.47. The lowest BCUT2D eigenvalue weighted by atomic mass is 10.2. The van der Waals surface area contributed by atoms with Crippen LogP contribution < -0.4 is 10.2 Å². The van der Waals surface area contributed by atoms with Gasteiger partial charge in [0.05, 0.1) is 0 Å². The average molecular weight is 355 g/mol. The molecule has 0 atom stereocenters. The molecule has 0 bridgehead atoms. The first kappa shape index (κ1) is 16.7. The van der Waals surface area contributed by atoms with Crippen LogP contribution in [0, 0.1) is 12.7 Å². The van der Waals surface area contributed by atoms with E-state index in [2.05, 4.69) is 30.4 Å². The fraction of sp³-hybridized carbons (Fsp3) is 0.389. The zero-order valence-electron chi connectivity index (χ0n) is 14.8. The molecule has 7 nitrogen and oxygen atoms in total.